The second-order valence-electron chi connectivity index (χ2n) is 4.52. The Bertz CT molecular complexity index is 374. The van der Waals surface area contributed by atoms with Gasteiger partial charge in [0.25, 0.3) is 0 Å². The summed E-state index contributed by atoms with van der Waals surface area (Å²) in [5, 5.41) is 0. The molecule has 82 valence electrons. The largest absolute Gasteiger partial charge is 0.330 e. The third kappa shape index (κ3) is 1.76. The third-order valence-electron chi connectivity index (χ3n) is 3.45. The Kier molecular flexibility index (Phi) is 2.51. The van der Waals surface area contributed by atoms with Crippen LogP contribution in [0.2, 0.25) is 0 Å². The summed E-state index contributed by atoms with van der Waals surface area (Å²) in [6, 6.07) is 3.76. The van der Waals surface area contributed by atoms with Gasteiger partial charge in [0.05, 0.1) is 0 Å². The molecule has 0 saturated heterocycles. The Balaban J connectivity index is 2.42. The second kappa shape index (κ2) is 3.56. The van der Waals surface area contributed by atoms with Gasteiger partial charge in [-0.25, -0.2) is 8.78 Å². The maximum Gasteiger partial charge on any atom is 0.129 e. The van der Waals surface area contributed by atoms with Gasteiger partial charge < -0.3 is 5.73 Å². The molecule has 0 radical (unpaired) electrons. The molecule has 1 aromatic carbocycles. The van der Waals surface area contributed by atoms with Gasteiger partial charge in [0.1, 0.15) is 11.6 Å². The van der Waals surface area contributed by atoms with Crippen molar-refractivity contribution >= 4 is 0 Å². The standard InChI is InChI=1S/C12H15F2N/c1-12(7-15,8-2-3-8)10-5-4-9(13)6-11(10)14/h4-6,8H,2-3,7,15H2,1H3. The van der Waals surface area contributed by atoms with Crippen LogP contribution in [-0.2, 0) is 5.41 Å². The number of halogens is 2. The Morgan fingerprint density at radius 3 is 2.53 bits per heavy atom. The highest BCUT2D eigenvalue weighted by molar-refractivity contribution is 5.30. The van der Waals surface area contributed by atoms with Crippen LogP contribution in [0.15, 0.2) is 18.2 Å². The van der Waals surface area contributed by atoms with Crippen LogP contribution >= 0.6 is 0 Å². The molecule has 0 aliphatic heterocycles. The molecule has 2 rings (SSSR count). The maximum atomic E-state index is 13.6. The Morgan fingerprint density at radius 1 is 1.40 bits per heavy atom. The van der Waals surface area contributed by atoms with Crippen molar-refractivity contribution in [2.75, 3.05) is 6.54 Å². The molecule has 0 aromatic heterocycles. The first-order chi connectivity index (χ1) is 7.08. The highest BCUT2D eigenvalue weighted by Gasteiger charge is 2.43. The van der Waals surface area contributed by atoms with Gasteiger partial charge in [-0.05, 0) is 30.4 Å². The summed E-state index contributed by atoms with van der Waals surface area (Å²) >= 11 is 0. The van der Waals surface area contributed by atoms with E-state index in [4.69, 9.17) is 5.73 Å². The van der Waals surface area contributed by atoms with Crippen LogP contribution < -0.4 is 5.73 Å². The average Bonchev–Trinajstić information content (AvgIpc) is 3.00. The summed E-state index contributed by atoms with van der Waals surface area (Å²) in [5.74, 6) is -0.566. The fourth-order valence-corrected chi connectivity index (χ4v) is 2.17. The quantitative estimate of drug-likeness (QED) is 0.817. The van der Waals surface area contributed by atoms with Gasteiger partial charge in [-0.2, -0.15) is 0 Å². The van der Waals surface area contributed by atoms with Gasteiger partial charge in [0, 0.05) is 18.0 Å². The average molecular weight is 211 g/mol. The number of hydrogen-bond donors (Lipinski definition) is 1. The molecule has 15 heavy (non-hydrogen) atoms. The van der Waals surface area contributed by atoms with Crippen LogP contribution in [-0.4, -0.2) is 6.54 Å². The zero-order valence-corrected chi connectivity index (χ0v) is 8.76. The molecule has 0 heterocycles. The van der Waals surface area contributed by atoms with Gasteiger partial charge in [0.2, 0.25) is 0 Å². The fourth-order valence-electron chi connectivity index (χ4n) is 2.17. The third-order valence-corrected chi connectivity index (χ3v) is 3.45. The second-order valence-corrected chi connectivity index (χ2v) is 4.52. The molecule has 1 aliphatic rings. The minimum Gasteiger partial charge on any atom is -0.330 e. The minimum atomic E-state index is -0.536. The number of hydrogen-bond acceptors (Lipinski definition) is 1. The van der Waals surface area contributed by atoms with Crippen LogP contribution in [0.3, 0.4) is 0 Å². The lowest BCUT2D eigenvalue weighted by Gasteiger charge is -2.29. The molecule has 1 saturated carbocycles. The first kappa shape index (κ1) is 10.6. The van der Waals surface area contributed by atoms with Gasteiger partial charge >= 0.3 is 0 Å². The highest BCUT2D eigenvalue weighted by atomic mass is 19.1. The summed E-state index contributed by atoms with van der Waals surface area (Å²) in [7, 11) is 0. The Hall–Kier alpha value is -0.960. The summed E-state index contributed by atoms with van der Waals surface area (Å²) < 4.78 is 26.4. The number of rotatable bonds is 3. The molecule has 1 aliphatic carbocycles. The smallest absolute Gasteiger partial charge is 0.129 e. The van der Waals surface area contributed by atoms with E-state index in [1.54, 1.807) is 0 Å². The van der Waals surface area contributed by atoms with Gasteiger partial charge in [-0.3, -0.25) is 0 Å². The predicted octanol–water partition coefficient (Wildman–Crippen LogP) is 2.59. The molecule has 2 N–H and O–H groups in total. The summed E-state index contributed by atoms with van der Waals surface area (Å²) in [5.41, 5.74) is 5.94. The number of benzene rings is 1. The van der Waals surface area contributed by atoms with Crippen molar-refractivity contribution in [2.24, 2.45) is 11.7 Å². The highest BCUT2D eigenvalue weighted by Crippen LogP contribution is 2.47. The fraction of sp³-hybridized carbons (Fsp3) is 0.500. The Morgan fingerprint density at radius 2 is 2.07 bits per heavy atom. The van der Waals surface area contributed by atoms with Crippen LogP contribution in [0.1, 0.15) is 25.3 Å². The predicted molar refractivity (Wildman–Crippen MR) is 55.5 cm³/mol. The topological polar surface area (TPSA) is 26.0 Å². The van der Waals surface area contributed by atoms with Gasteiger partial charge in [-0.15, -0.1) is 0 Å². The van der Waals surface area contributed by atoms with Crippen LogP contribution in [0, 0.1) is 17.6 Å². The molecular formula is C12H15F2N. The van der Waals surface area contributed by atoms with E-state index in [2.05, 4.69) is 0 Å². The van der Waals surface area contributed by atoms with Crippen LogP contribution in [0.25, 0.3) is 0 Å². The lowest BCUT2D eigenvalue weighted by atomic mass is 9.77. The molecule has 0 spiro atoms. The first-order valence-electron chi connectivity index (χ1n) is 5.23. The van der Waals surface area contributed by atoms with Crippen LogP contribution in [0.5, 0.6) is 0 Å². The zero-order valence-electron chi connectivity index (χ0n) is 8.76. The lowest BCUT2D eigenvalue weighted by molar-refractivity contribution is 0.397. The van der Waals surface area contributed by atoms with E-state index in [1.807, 2.05) is 6.92 Å². The van der Waals surface area contributed by atoms with Gasteiger partial charge in [0.15, 0.2) is 0 Å². The molecule has 1 unspecified atom stereocenters. The van der Waals surface area contributed by atoms with E-state index in [1.165, 1.54) is 12.1 Å². The molecule has 0 bridgehead atoms. The van der Waals surface area contributed by atoms with E-state index in [9.17, 15) is 8.78 Å². The van der Waals surface area contributed by atoms with Crippen molar-refractivity contribution < 1.29 is 8.78 Å². The van der Waals surface area contributed by atoms with Crippen molar-refractivity contribution in [3.63, 3.8) is 0 Å². The SMILES string of the molecule is CC(CN)(c1ccc(F)cc1F)C1CC1. The molecule has 3 heteroatoms. The van der Waals surface area contributed by atoms with Crippen molar-refractivity contribution in [2.45, 2.75) is 25.2 Å². The monoisotopic (exact) mass is 211 g/mol. The van der Waals surface area contributed by atoms with Crippen molar-refractivity contribution in [1.29, 1.82) is 0 Å². The normalized spacial score (nSPS) is 20.0. The molecule has 1 nitrogen and oxygen atoms in total. The van der Waals surface area contributed by atoms with Gasteiger partial charge in [-0.1, -0.05) is 13.0 Å². The van der Waals surface area contributed by atoms with Crippen molar-refractivity contribution in [3.05, 3.63) is 35.4 Å². The first-order valence-corrected chi connectivity index (χ1v) is 5.23. The zero-order chi connectivity index (χ0) is 11.1. The van der Waals surface area contributed by atoms with Crippen LogP contribution in [0.4, 0.5) is 8.78 Å². The molecule has 1 fully saturated rings. The van der Waals surface area contributed by atoms with E-state index in [0.717, 1.165) is 18.9 Å². The van der Waals surface area contributed by atoms with E-state index in [-0.39, 0.29) is 5.41 Å². The molecular weight excluding hydrogens is 196 g/mol. The summed E-state index contributed by atoms with van der Waals surface area (Å²) in [6.45, 7) is 2.36. The molecule has 0 amide bonds. The minimum absolute atomic E-state index is 0.336. The maximum absolute atomic E-state index is 13.6. The van der Waals surface area contributed by atoms with E-state index >= 15 is 0 Å². The van der Waals surface area contributed by atoms with E-state index < -0.39 is 11.6 Å². The Labute approximate surface area is 88.3 Å². The lowest BCUT2D eigenvalue weighted by Crippen LogP contribution is -2.35. The summed E-state index contributed by atoms with van der Waals surface area (Å²) in [6.07, 6.45) is 2.18. The van der Waals surface area contributed by atoms with E-state index in [0.29, 0.717) is 18.0 Å². The summed E-state index contributed by atoms with van der Waals surface area (Å²) in [4.78, 5) is 0. The molecule has 1 aromatic rings. The number of nitrogens with two attached hydrogens (primary N) is 1. The van der Waals surface area contributed by atoms with Crippen molar-refractivity contribution in [3.8, 4) is 0 Å². The molecule has 1 atom stereocenters. The van der Waals surface area contributed by atoms with Crippen molar-refractivity contribution in [1.82, 2.24) is 0 Å².